The molecule has 1 heterocycles. The van der Waals surface area contributed by atoms with Crippen LogP contribution in [0.2, 0.25) is 0 Å². The molecule has 0 aliphatic rings. The smallest absolute Gasteiger partial charge is 0.251 e. The van der Waals surface area contributed by atoms with Crippen molar-refractivity contribution in [1.82, 2.24) is 9.97 Å². The number of hydrogen-bond acceptors (Lipinski definition) is 2. The van der Waals surface area contributed by atoms with Crippen LogP contribution < -0.4 is 5.56 Å². The van der Waals surface area contributed by atoms with E-state index in [9.17, 15) is 4.79 Å². The number of benzene rings is 1. The lowest BCUT2D eigenvalue weighted by Gasteiger charge is -2.01. The highest BCUT2D eigenvalue weighted by Crippen LogP contribution is 2.03. The summed E-state index contributed by atoms with van der Waals surface area (Å²) < 4.78 is 0. The van der Waals surface area contributed by atoms with Gasteiger partial charge in [-0.2, -0.15) is 0 Å². The quantitative estimate of drug-likeness (QED) is 0.847. The Kier molecular flexibility index (Phi) is 3.15. The van der Waals surface area contributed by atoms with Crippen LogP contribution in [0.3, 0.4) is 0 Å². The minimum atomic E-state index is -0.0736. The molecule has 0 spiro atoms. The molecule has 0 aliphatic heterocycles. The van der Waals surface area contributed by atoms with Gasteiger partial charge in [-0.25, -0.2) is 4.98 Å². The standard InChI is InChI=1S/C13H14N2O/c1-10-14-12(9-13(16)15-10)8-7-11-5-3-2-4-6-11/h2-6,9H,7-8H2,1H3,(H,14,15,16). The van der Waals surface area contributed by atoms with Gasteiger partial charge in [0.25, 0.3) is 5.56 Å². The van der Waals surface area contributed by atoms with Crippen LogP contribution in [0.25, 0.3) is 0 Å². The lowest BCUT2D eigenvalue weighted by atomic mass is 10.1. The molecule has 0 saturated heterocycles. The first-order valence-electron chi connectivity index (χ1n) is 5.35. The second kappa shape index (κ2) is 4.75. The highest BCUT2D eigenvalue weighted by molar-refractivity contribution is 5.16. The Morgan fingerprint density at radius 1 is 1.19 bits per heavy atom. The normalized spacial score (nSPS) is 10.3. The topological polar surface area (TPSA) is 45.8 Å². The van der Waals surface area contributed by atoms with Gasteiger partial charge in [0.05, 0.1) is 0 Å². The number of hydrogen-bond donors (Lipinski definition) is 1. The predicted octanol–water partition coefficient (Wildman–Crippen LogP) is 1.86. The number of H-pyrrole nitrogens is 1. The summed E-state index contributed by atoms with van der Waals surface area (Å²) in [5, 5.41) is 0. The van der Waals surface area contributed by atoms with Crippen molar-refractivity contribution in [3.05, 3.63) is 63.8 Å². The number of nitrogens with one attached hydrogen (secondary N) is 1. The fourth-order valence-electron chi connectivity index (χ4n) is 1.69. The molecule has 0 bridgehead atoms. The van der Waals surface area contributed by atoms with Crippen LogP contribution in [0.5, 0.6) is 0 Å². The maximum atomic E-state index is 11.2. The van der Waals surface area contributed by atoms with Crippen molar-refractivity contribution in [2.24, 2.45) is 0 Å². The molecule has 0 fully saturated rings. The Morgan fingerprint density at radius 2 is 1.94 bits per heavy atom. The summed E-state index contributed by atoms with van der Waals surface area (Å²) in [5.74, 6) is 0.676. The van der Waals surface area contributed by atoms with Gasteiger partial charge < -0.3 is 4.98 Å². The summed E-state index contributed by atoms with van der Waals surface area (Å²) in [6.07, 6.45) is 1.71. The van der Waals surface area contributed by atoms with E-state index in [1.54, 1.807) is 13.0 Å². The Labute approximate surface area is 94.2 Å². The second-order valence-corrected chi connectivity index (χ2v) is 3.81. The molecule has 0 amide bonds. The maximum Gasteiger partial charge on any atom is 0.251 e. The van der Waals surface area contributed by atoms with Gasteiger partial charge in [0.15, 0.2) is 0 Å². The third kappa shape index (κ3) is 2.79. The summed E-state index contributed by atoms with van der Waals surface area (Å²) in [7, 11) is 0. The Balaban J connectivity index is 2.08. The van der Waals surface area contributed by atoms with E-state index in [-0.39, 0.29) is 5.56 Å². The number of aryl methyl sites for hydroxylation is 3. The molecule has 2 aromatic rings. The van der Waals surface area contributed by atoms with E-state index in [1.807, 2.05) is 18.2 Å². The molecule has 82 valence electrons. The second-order valence-electron chi connectivity index (χ2n) is 3.81. The van der Waals surface area contributed by atoms with E-state index >= 15 is 0 Å². The highest BCUT2D eigenvalue weighted by Gasteiger charge is 1.99. The van der Waals surface area contributed by atoms with E-state index in [2.05, 4.69) is 22.1 Å². The van der Waals surface area contributed by atoms with E-state index < -0.39 is 0 Å². The van der Waals surface area contributed by atoms with Crippen LogP contribution >= 0.6 is 0 Å². The van der Waals surface area contributed by atoms with E-state index in [0.29, 0.717) is 5.82 Å². The molecule has 3 nitrogen and oxygen atoms in total. The number of rotatable bonds is 3. The van der Waals surface area contributed by atoms with Gasteiger partial charge in [0.1, 0.15) is 5.82 Å². The number of nitrogens with zero attached hydrogens (tertiary/aromatic N) is 1. The average Bonchev–Trinajstić information content (AvgIpc) is 2.27. The van der Waals surface area contributed by atoms with Crippen molar-refractivity contribution in [3.63, 3.8) is 0 Å². The Hall–Kier alpha value is -1.90. The molecule has 1 N–H and O–H groups in total. The molecule has 1 aromatic heterocycles. The monoisotopic (exact) mass is 214 g/mol. The molecule has 1 aromatic carbocycles. The van der Waals surface area contributed by atoms with Crippen molar-refractivity contribution < 1.29 is 0 Å². The zero-order chi connectivity index (χ0) is 11.4. The fourth-order valence-corrected chi connectivity index (χ4v) is 1.69. The molecule has 2 rings (SSSR count). The van der Waals surface area contributed by atoms with Crippen LogP contribution in [-0.4, -0.2) is 9.97 Å². The van der Waals surface area contributed by atoms with Crippen LogP contribution in [-0.2, 0) is 12.8 Å². The van der Waals surface area contributed by atoms with Crippen molar-refractivity contribution in [2.45, 2.75) is 19.8 Å². The largest absolute Gasteiger partial charge is 0.311 e. The molecule has 0 aliphatic carbocycles. The number of aromatic amines is 1. The van der Waals surface area contributed by atoms with Crippen LogP contribution in [0.4, 0.5) is 0 Å². The summed E-state index contributed by atoms with van der Waals surface area (Å²) in [5.41, 5.74) is 2.04. The average molecular weight is 214 g/mol. The minimum Gasteiger partial charge on any atom is -0.311 e. The molecular formula is C13H14N2O. The third-order valence-electron chi connectivity index (χ3n) is 2.43. The summed E-state index contributed by atoms with van der Waals surface area (Å²) in [6, 6.07) is 11.8. The summed E-state index contributed by atoms with van der Waals surface area (Å²) >= 11 is 0. The molecule has 0 atom stereocenters. The zero-order valence-electron chi connectivity index (χ0n) is 9.23. The van der Waals surface area contributed by atoms with Gasteiger partial charge >= 0.3 is 0 Å². The molecule has 16 heavy (non-hydrogen) atoms. The van der Waals surface area contributed by atoms with Gasteiger partial charge in [-0.05, 0) is 25.3 Å². The first-order valence-corrected chi connectivity index (χ1v) is 5.35. The van der Waals surface area contributed by atoms with E-state index in [0.717, 1.165) is 18.5 Å². The number of aromatic nitrogens is 2. The van der Waals surface area contributed by atoms with E-state index in [1.165, 1.54) is 5.56 Å². The first-order chi connectivity index (χ1) is 7.74. The molecular weight excluding hydrogens is 200 g/mol. The van der Waals surface area contributed by atoms with E-state index in [4.69, 9.17) is 0 Å². The van der Waals surface area contributed by atoms with Gasteiger partial charge in [-0.15, -0.1) is 0 Å². The van der Waals surface area contributed by atoms with Crippen LogP contribution in [0, 0.1) is 6.92 Å². The maximum absolute atomic E-state index is 11.2. The fraction of sp³-hybridized carbons (Fsp3) is 0.231. The Morgan fingerprint density at radius 3 is 2.62 bits per heavy atom. The van der Waals surface area contributed by atoms with Gasteiger partial charge in [-0.3, -0.25) is 4.79 Å². The third-order valence-corrected chi connectivity index (χ3v) is 2.43. The summed E-state index contributed by atoms with van der Waals surface area (Å²) in [6.45, 7) is 1.80. The van der Waals surface area contributed by atoms with Crippen molar-refractivity contribution in [2.75, 3.05) is 0 Å². The molecule has 3 heteroatoms. The molecule has 0 saturated carbocycles. The summed E-state index contributed by atoms with van der Waals surface area (Å²) in [4.78, 5) is 18.2. The Bertz CT molecular complexity index is 517. The lowest BCUT2D eigenvalue weighted by molar-refractivity contribution is 0.869. The van der Waals surface area contributed by atoms with Crippen LogP contribution in [0.15, 0.2) is 41.2 Å². The SMILES string of the molecule is Cc1nc(CCc2ccccc2)cc(=O)[nH]1. The predicted molar refractivity (Wildman–Crippen MR) is 63.4 cm³/mol. The van der Waals surface area contributed by atoms with Gasteiger partial charge in [-0.1, -0.05) is 30.3 Å². The van der Waals surface area contributed by atoms with Crippen molar-refractivity contribution >= 4 is 0 Å². The lowest BCUT2D eigenvalue weighted by Crippen LogP contribution is -2.11. The van der Waals surface area contributed by atoms with Crippen molar-refractivity contribution in [1.29, 1.82) is 0 Å². The van der Waals surface area contributed by atoms with Crippen molar-refractivity contribution in [3.8, 4) is 0 Å². The first kappa shape index (κ1) is 10.6. The van der Waals surface area contributed by atoms with Gasteiger partial charge in [0, 0.05) is 11.8 Å². The van der Waals surface area contributed by atoms with Crippen LogP contribution in [0.1, 0.15) is 17.1 Å². The minimum absolute atomic E-state index is 0.0736. The van der Waals surface area contributed by atoms with Gasteiger partial charge in [0.2, 0.25) is 0 Å². The zero-order valence-corrected chi connectivity index (χ0v) is 9.23. The molecule has 0 unspecified atom stereocenters. The highest BCUT2D eigenvalue weighted by atomic mass is 16.1. The molecule has 0 radical (unpaired) electrons.